The number of hydrogen-bond donors (Lipinski definition) is 0. The van der Waals surface area contributed by atoms with Gasteiger partial charge in [-0.3, -0.25) is 4.79 Å². The highest BCUT2D eigenvalue weighted by Crippen LogP contribution is 2.31. The number of ketones is 1. The van der Waals surface area contributed by atoms with Crippen LogP contribution in [-0.2, 0) is 9.53 Å². The van der Waals surface area contributed by atoms with Gasteiger partial charge in [0.1, 0.15) is 6.61 Å². The highest BCUT2D eigenvalue weighted by Gasteiger charge is 2.31. The molecule has 0 aliphatic carbocycles. The topological polar surface area (TPSA) is 61.8 Å². The highest BCUT2D eigenvalue weighted by atomic mass is 16.6. The van der Waals surface area contributed by atoms with Gasteiger partial charge < -0.3 is 14.2 Å². The van der Waals surface area contributed by atoms with Crippen molar-refractivity contribution in [3.8, 4) is 11.5 Å². The molecule has 0 saturated carbocycles. The highest BCUT2D eigenvalue weighted by molar-refractivity contribution is 6.00. The van der Waals surface area contributed by atoms with Crippen molar-refractivity contribution in [2.24, 2.45) is 0 Å². The third-order valence-electron chi connectivity index (χ3n) is 3.77. The van der Waals surface area contributed by atoms with E-state index < -0.39 is 18.2 Å². The van der Waals surface area contributed by atoms with Crippen molar-refractivity contribution in [1.82, 2.24) is 0 Å². The fourth-order valence-corrected chi connectivity index (χ4v) is 2.39. The number of aryl methyl sites for hydroxylation is 1. The number of hydrogen-bond acceptors (Lipinski definition) is 5. The molecule has 2 atom stereocenters. The number of fused-ring (bicyclic) bond motifs is 1. The van der Waals surface area contributed by atoms with Gasteiger partial charge in [0, 0.05) is 5.56 Å². The first-order valence-electron chi connectivity index (χ1n) is 7.74. The zero-order valence-electron chi connectivity index (χ0n) is 13.5. The van der Waals surface area contributed by atoms with Crippen LogP contribution in [0.15, 0.2) is 48.5 Å². The van der Waals surface area contributed by atoms with E-state index in [0.717, 1.165) is 5.56 Å². The minimum Gasteiger partial charge on any atom is -0.485 e. The summed E-state index contributed by atoms with van der Waals surface area (Å²) in [5.41, 5.74) is 1.56. The summed E-state index contributed by atoms with van der Waals surface area (Å²) in [5, 5.41) is 0. The minimum atomic E-state index is -0.888. The molecule has 124 valence electrons. The van der Waals surface area contributed by atoms with E-state index in [-0.39, 0.29) is 12.4 Å². The summed E-state index contributed by atoms with van der Waals surface area (Å²) in [5.74, 6) is 0.214. The zero-order valence-corrected chi connectivity index (χ0v) is 13.5. The van der Waals surface area contributed by atoms with Gasteiger partial charge in [-0.2, -0.15) is 0 Å². The Morgan fingerprint density at radius 3 is 2.46 bits per heavy atom. The number of para-hydroxylation sites is 2. The van der Waals surface area contributed by atoms with Crippen LogP contribution in [0.2, 0.25) is 0 Å². The number of Topliss-reactive ketones (excluding diaryl/α,β-unsaturated/α-hetero) is 1. The molecular formula is C19H18O5. The van der Waals surface area contributed by atoms with Crippen LogP contribution < -0.4 is 9.47 Å². The molecule has 0 radical (unpaired) electrons. The van der Waals surface area contributed by atoms with Crippen molar-refractivity contribution < 1.29 is 23.8 Å². The van der Waals surface area contributed by atoms with Gasteiger partial charge in [-0.1, -0.05) is 42.0 Å². The molecule has 0 unspecified atom stereocenters. The van der Waals surface area contributed by atoms with Crippen molar-refractivity contribution in [2.45, 2.75) is 26.1 Å². The first-order chi connectivity index (χ1) is 11.5. The average Bonchev–Trinajstić information content (AvgIpc) is 2.61. The molecule has 0 saturated heterocycles. The van der Waals surface area contributed by atoms with E-state index in [9.17, 15) is 9.59 Å². The van der Waals surface area contributed by atoms with Crippen LogP contribution in [0.4, 0.5) is 0 Å². The third kappa shape index (κ3) is 3.40. The van der Waals surface area contributed by atoms with Gasteiger partial charge in [-0.25, -0.2) is 4.79 Å². The SMILES string of the molecule is Cc1ccc(C(=O)[C@H](C)OC(=O)[C@H]2COc3ccccc3O2)cc1. The van der Waals surface area contributed by atoms with E-state index in [4.69, 9.17) is 14.2 Å². The van der Waals surface area contributed by atoms with Crippen LogP contribution in [0, 0.1) is 6.92 Å². The fourth-order valence-electron chi connectivity index (χ4n) is 2.39. The van der Waals surface area contributed by atoms with Gasteiger partial charge in [-0.15, -0.1) is 0 Å². The molecule has 5 heteroatoms. The number of rotatable bonds is 4. The van der Waals surface area contributed by atoms with Crippen LogP contribution in [0.5, 0.6) is 11.5 Å². The maximum atomic E-state index is 12.3. The quantitative estimate of drug-likeness (QED) is 0.638. The molecule has 0 fully saturated rings. The standard InChI is InChI=1S/C19H18O5/c1-12-7-9-14(10-8-12)18(20)13(2)23-19(21)17-11-22-15-5-3-4-6-16(15)24-17/h3-10,13,17H,11H2,1-2H3/t13-,17+/m0/s1. The van der Waals surface area contributed by atoms with Gasteiger partial charge in [0.05, 0.1) is 0 Å². The Balaban J connectivity index is 1.62. The lowest BCUT2D eigenvalue weighted by Crippen LogP contribution is -2.40. The maximum absolute atomic E-state index is 12.3. The van der Waals surface area contributed by atoms with Gasteiger partial charge in [0.2, 0.25) is 11.9 Å². The maximum Gasteiger partial charge on any atom is 0.351 e. The second kappa shape index (κ2) is 6.74. The molecule has 1 aliphatic rings. The van der Waals surface area contributed by atoms with E-state index >= 15 is 0 Å². The second-order valence-electron chi connectivity index (χ2n) is 5.67. The summed E-state index contributed by atoms with van der Waals surface area (Å²) in [7, 11) is 0. The Bertz CT molecular complexity index is 751. The number of carbonyl (C=O) groups excluding carboxylic acids is 2. The molecule has 0 bridgehead atoms. The van der Waals surface area contributed by atoms with Crippen molar-refractivity contribution in [1.29, 1.82) is 0 Å². The Morgan fingerprint density at radius 2 is 1.75 bits per heavy atom. The number of benzene rings is 2. The third-order valence-corrected chi connectivity index (χ3v) is 3.77. The lowest BCUT2D eigenvalue weighted by atomic mass is 10.1. The van der Waals surface area contributed by atoms with Crippen LogP contribution in [0.1, 0.15) is 22.8 Å². The monoisotopic (exact) mass is 326 g/mol. The molecule has 1 aliphatic heterocycles. The van der Waals surface area contributed by atoms with Gasteiger partial charge in [-0.05, 0) is 26.0 Å². The van der Waals surface area contributed by atoms with Crippen molar-refractivity contribution in [3.05, 3.63) is 59.7 Å². The fraction of sp³-hybridized carbons (Fsp3) is 0.263. The number of esters is 1. The van der Waals surface area contributed by atoms with Gasteiger partial charge >= 0.3 is 5.97 Å². The summed E-state index contributed by atoms with van der Waals surface area (Å²) in [6, 6.07) is 14.2. The van der Waals surface area contributed by atoms with Gasteiger partial charge in [0.25, 0.3) is 0 Å². The largest absolute Gasteiger partial charge is 0.485 e. The van der Waals surface area contributed by atoms with E-state index in [1.54, 1.807) is 37.3 Å². The van der Waals surface area contributed by atoms with Crippen molar-refractivity contribution in [3.63, 3.8) is 0 Å². The smallest absolute Gasteiger partial charge is 0.351 e. The molecule has 0 amide bonds. The molecule has 0 aromatic heterocycles. The normalized spacial score (nSPS) is 17.0. The Kier molecular flexibility index (Phi) is 4.51. The first-order valence-corrected chi connectivity index (χ1v) is 7.74. The van der Waals surface area contributed by atoms with Gasteiger partial charge in [0.15, 0.2) is 17.6 Å². The molecular weight excluding hydrogens is 308 g/mol. The first kappa shape index (κ1) is 16.1. The van der Waals surface area contributed by atoms with Crippen LogP contribution in [0.25, 0.3) is 0 Å². The van der Waals surface area contributed by atoms with Crippen molar-refractivity contribution in [2.75, 3.05) is 6.61 Å². The van der Waals surface area contributed by atoms with Crippen molar-refractivity contribution >= 4 is 11.8 Å². The molecule has 3 rings (SSSR count). The minimum absolute atomic E-state index is 0.0568. The number of ether oxygens (including phenoxy) is 3. The second-order valence-corrected chi connectivity index (χ2v) is 5.67. The average molecular weight is 326 g/mol. The summed E-state index contributed by atoms with van der Waals surface area (Å²) in [6.07, 6.45) is -1.77. The Labute approximate surface area is 140 Å². The predicted molar refractivity (Wildman–Crippen MR) is 87.4 cm³/mol. The summed E-state index contributed by atoms with van der Waals surface area (Å²) >= 11 is 0. The summed E-state index contributed by atoms with van der Waals surface area (Å²) < 4.78 is 16.3. The molecule has 0 spiro atoms. The van der Waals surface area contributed by atoms with Crippen LogP contribution in [0.3, 0.4) is 0 Å². The van der Waals surface area contributed by atoms with Crippen LogP contribution >= 0.6 is 0 Å². The lowest BCUT2D eigenvalue weighted by Gasteiger charge is -2.25. The molecule has 5 nitrogen and oxygen atoms in total. The van der Waals surface area contributed by atoms with E-state index in [1.165, 1.54) is 0 Å². The van der Waals surface area contributed by atoms with E-state index in [2.05, 4.69) is 0 Å². The van der Waals surface area contributed by atoms with E-state index in [1.807, 2.05) is 25.1 Å². The summed E-state index contributed by atoms with van der Waals surface area (Å²) in [6.45, 7) is 3.55. The Morgan fingerprint density at radius 1 is 1.08 bits per heavy atom. The predicted octanol–water partition coefficient (Wildman–Crippen LogP) is 2.95. The molecule has 2 aromatic rings. The number of carbonyl (C=O) groups is 2. The molecule has 2 aromatic carbocycles. The molecule has 24 heavy (non-hydrogen) atoms. The molecule has 0 N–H and O–H groups in total. The van der Waals surface area contributed by atoms with Crippen LogP contribution in [-0.4, -0.2) is 30.6 Å². The zero-order chi connectivity index (χ0) is 17.1. The summed E-state index contributed by atoms with van der Waals surface area (Å²) in [4.78, 5) is 24.6. The van der Waals surface area contributed by atoms with E-state index in [0.29, 0.717) is 17.1 Å². The lowest BCUT2D eigenvalue weighted by molar-refractivity contribution is -0.157. The molecule has 1 heterocycles. The Hall–Kier alpha value is -2.82.